The van der Waals surface area contributed by atoms with Gasteiger partial charge in [0, 0.05) is 11.8 Å². The number of hydrogen-bond donors (Lipinski definition) is 1. The molecule has 0 saturated heterocycles. The zero-order chi connectivity index (χ0) is 22.2. The molecule has 0 unspecified atom stereocenters. The Balaban J connectivity index is 1.64. The van der Waals surface area contributed by atoms with Crippen LogP contribution in [0.25, 0.3) is 6.08 Å². The van der Waals surface area contributed by atoms with Crippen LogP contribution in [0.5, 0.6) is 5.75 Å². The van der Waals surface area contributed by atoms with Crippen molar-refractivity contribution >= 4 is 17.7 Å². The molecule has 0 aliphatic carbocycles. The van der Waals surface area contributed by atoms with E-state index < -0.39 is 0 Å². The molecule has 3 nitrogen and oxygen atoms in total. The highest BCUT2D eigenvalue weighted by Crippen LogP contribution is 2.32. The van der Waals surface area contributed by atoms with Gasteiger partial charge < -0.3 is 10.1 Å². The highest BCUT2D eigenvalue weighted by atomic mass is 16.5. The summed E-state index contributed by atoms with van der Waals surface area (Å²) in [7, 11) is 0. The lowest BCUT2D eigenvalue weighted by Gasteiger charge is -2.19. The number of ether oxygens (including phenoxy) is 1. The van der Waals surface area contributed by atoms with Gasteiger partial charge in [-0.05, 0) is 52.3 Å². The average molecular weight is 414 g/mol. The maximum atomic E-state index is 12.6. The standard InChI is InChI=1S/C28H31NO2/c1-20(2)25-11-8-12-26(21(3)4)28(25)29-27(30)18-15-22-13-16-24(17-14-22)31-19-23-9-6-5-7-10-23/h5-18,20-21H,19H2,1-4H3,(H,29,30). The number of benzene rings is 3. The molecule has 31 heavy (non-hydrogen) atoms. The highest BCUT2D eigenvalue weighted by molar-refractivity contribution is 6.03. The number of hydrogen-bond acceptors (Lipinski definition) is 2. The fourth-order valence-corrected chi connectivity index (χ4v) is 3.45. The topological polar surface area (TPSA) is 38.3 Å². The van der Waals surface area contributed by atoms with Crippen LogP contribution in [0, 0.1) is 0 Å². The van der Waals surface area contributed by atoms with Gasteiger partial charge in [-0.3, -0.25) is 4.79 Å². The van der Waals surface area contributed by atoms with E-state index in [0.717, 1.165) is 33.7 Å². The third-order valence-corrected chi connectivity index (χ3v) is 5.18. The first-order valence-electron chi connectivity index (χ1n) is 10.8. The summed E-state index contributed by atoms with van der Waals surface area (Å²) in [4.78, 5) is 12.6. The average Bonchev–Trinajstić information content (AvgIpc) is 2.77. The number of anilines is 1. The molecule has 0 aromatic heterocycles. The Bertz CT molecular complexity index is 992. The third-order valence-electron chi connectivity index (χ3n) is 5.18. The summed E-state index contributed by atoms with van der Waals surface area (Å²) in [5, 5.41) is 3.11. The van der Waals surface area contributed by atoms with E-state index in [9.17, 15) is 4.79 Å². The molecule has 1 amide bonds. The van der Waals surface area contributed by atoms with Gasteiger partial charge in [0.25, 0.3) is 0 Å². The van der Waals surface area contributed by atoms with Crippen LogP contribution >= 0.6 is 0 Å². The van der Waals surface area contributed by atoms with Gasteiger partial charge in [0.15, 0.2) is 0 Å². The molecule has 1 N–H and O–H groups in total. The Kier molecular flexibility index (Phi) is 7.66. The van der Waals surface area contributed by atoms with E-state index in [-0.39, 0.29) is 5.91 Å². The summed E-state index contributed by atoms with van der Waals surface area (Å²) in [5.74, 6) is 1.35. The van der Waals surface area contributed by atoms with Crippen LogP contribution in [0.4, 0.5) is 5.69 Å². The minimum atomic E-state index is -0.126. The van der Waals surface area contributed by atoms with Crippen LogP contribution in [-0.2, 0) is 11.4 Å². The minimum Gasteiger partial charge on any atom is -0.489 e. The van der Waals surface area contributed by atoms with Crippen molar-refractivity contribution in [3.63, 3.8) is 0 Å². The van der Waals surface area contributed by atoms with Gasteiger partial charge >= 0.3 is 0 Å². The summed E-state index contributed by atoms with van der Waals surface area (Å²) in [6, 6.07) is 24.1. The molecule has 0 heterocycles. The van der Waals surface area contributed by atoms with Gasteiger partial charge in [-0.2, -0.15) is 0 Å². The van der Waals surface area contributed by atoms with E-state index in [1.165, 1.54) is 0 Å². The fourth-order valence-electron chi connectivity index (χ4n) is 3.45. The lowest BCUT2D eigenvalue weighted by atomic mass is 9.92. The summed E-state index contributed by atoms with van der Waals surface area (Å²) in [6.45, 7) is 9.11. The Morgan fingerprint density at radius 1 is 0.839 bits per heavy atom. The Morgan fingerprint density at radius 3 is 2.03 bits per heavy atom. The first kappa shape index (κ1) is 22.4. The molecule has 3 aromatic carbocycles. The minimum absolute atomic E-state index is 0.126. The van der Waals surface area contributed by atoms with Crippen LogP contribution in [0.2, 0.25) is 0 Å². The first-order valence-corrected chi connectivity index (χ1v) is 10.8. The van der Waals surface area contributed by atoms with Gasteiger partial charge in [0.2, 0.25) is 5.91 Å². The van der Waals surface area contributed by atoms with E-state index in [0.29, 0.717) is 18.4 Å². The number of para-hydroxylation sites is 1. The molecule has 3 rings (SSSR count). The Labute approximate surface area is 185 Å². The molecule has 3 aromatic rings. The highest BCUT2D eigenvalue weighted by Gasteiger charge is 2.14. The van der Waals surface area contributed by atoms with Crippen molar-refractivity contribution in [2.24, 2.45) is 0 Å². The van der Waals surface area contributed by atoms with Gasteiger partial charge in [-0.1, -0.05) is 88.4 Å². The first-order chi connectivity index (χ1) is 14.9. The maximum absolute atomic E-state index is 12.6. The lowest BCUT2D eigenvalue weighted by molar-refractivity contribution is -0.111. The van der Waals surface area contributed by atoms with Crippen molar-refractivity contribution in [1.29, 1.82) is 0 Å². The summed E-state index contributed by atoms with van der Waals surface area (Å²) < 4.78 is 5.82. The maximum Gasteiger partial charge on any atom is 0.248 e. The molecule has 0 atom stereocenters. The van der Waals surface area contributed by atoms with Gasteiger partial charge in [-0.15, -0.1) is 0 Å². The Morgan fingerprint density at radius 2 is 1.45 bits per heavy atom. The van der Waals surface area contributed by atoms with Crippen LogP contribution in [0.15, 0.2) is 78.9 Å². The SMILES string of the molecule is CC(C)c1cccc(C(C)C)c1NC(=O)C=Cc1ccc(OCc2ccccc2)cc1. The molecule has 0 radical (unpaired) electrons. The number of nitrogens with one attached hydrogen (secondary N) is 1. The van der Waals surface area contributed by atoms with Crippen molar-refractivity contribution in [3.05, 3.63) is 101 Å². The summed E-state index contributed by atoms with van der Waals surface area (Å²) in [5.41, 5.74) is 5.33. The normalized spacial score (nSPS) is 11.3. The van der Waals surface area contributed by atoms with Crippen LogP contribution < -0.4 is 10.1 Å². The van der Waals surface area contributed by atoms with Crippen molar-refractivity contribution < 1.29 is 9.53 Å². The molecular weight excluding hydrogens is 382 g/mol. The van der Waals surface area contributed by atoms with E-state index >= 15 is 0 Å². The second-order valence-corrected chi connectivity index (χ2v) is 8.29. The molecule has 160 valence electrons. The molecule has 0 aliphatic rings. The zero-order valence-corrected chi connectivity index (χ0v) is 18.8. The van der Waals surface area contributed by atoms with Crippen molar-refractivity contribution in [1.82, 2.24) is 0 Å². The van der Waals surface area contributed by atoms with Gasteiger partial charge in [-0.25, -0.2) is 0 Å². The van der Waals surface area contributed by atoms with E-state index in [1.807, 2.05) is 60.7 Å². The van der Waals surface area contributed by atoms with E-state index in [1.54, 1.807) is 6.08 Å². The molecule has 0 spiro atoms. The number of carbonyl (C=O) groups is 1. The number of rotatable bonds is 8. The molecule has 0 bridgehead atoms. The van der Waals surface area contributed by atoms with Crippen LogP contribution in [0.1, 0.15) is 61.8 Å². The van der Waals surface area contributed by atoms with Crippen molar-refractivity contribution in [2.75, 3.05) is 5.32 Å². The largest absolute Gasteiger partial charge is 0.489 e. The van der Waals surface area contributed by atoms with Crippen LogP contribution in [0.3, 0.4) is 0 Å². The second kappa shape index (κ2) is 10.6. The zero-order valence-electron chi connectivity index (χ0n) is 18.8. The number of carbonyl (C=O) groups excluding carboxylic acids is 1. The molecule has 3 heteroatoms. The van der Waals surface area contributed by atoms with Gasteiger partial charge in [0.05, 0.1) is 0 Å². The Hall–Kier alpha value is -3.33. The lowest BCUT2D eigenvalue weighted by Crippen LogP contribution is -2.13. The monoisotopic (exact) mass is 413 g/mol. The summed E-state index contributed by atoms with van der Waals surface area (Å²) in [6.07, 6.45) is 3.41. The van der Waals surface area contributed by atoms with Crippen LogP contribution in [-0.4, -0.2) is 5.91 Å². The van der Waals surface area contributed by atoms with E-state index in [2.05, 4.69) is 51.2 Å². The fraction of sp³-hybridized carbons (Fsp3) is 0.250. The van der Waals surface area contributed by atoms with Crippen molar-refractivity contribution in [2.45, 2.75) is 46.1 Å². The molecule has 0 fully saturated rings. The van der Waals surface area contributed by atoms with E-state index in [4.69, 9.17) is 4.74 Å². The summed E-state index contributed by atoms with van der Waals surface area (Å²) >= 11 is 0. The predicted octanol–water partition coefficient (Wildman–Crippen LogP) is 7.16. The predicted molar refractivity (Wildman–Crippen MR) is 129 cm³/mol. The molecule has 0 saturated carbocycles. The smallest absolute Gasteiger partial charge is 0.248 e. The molecular formula is C28H31NO2. The quantitative estimate of drug-likeness (QED) is 0.398. The molecule has 0 aliphatic heterocycles. The second-order valence-electron chi connectivity index (χ2n) is 8.29. The third kappa shape index (κ3) is 6.32. The van der Waals surface area contributed by atoms with Crippen molar-refractivity contribution in [3.8, 4) is 5.75 Å². The van der Waals surface area contributed by atoms with Gasteiger partial charge in [0.1, 0.15) is 12.4 Å². The number of amides is 1.